The van der Waals surface area contributed by atoms with Gasteiger partial charge in [0.15, 0.2) is 5.50 Å². The second kappa shape index (κ2) is 5.98. The molecule has 5 nitrogen and oxygen atoms in total. The van der Waals surface area contributed by atoms with Gasteiger partial charge in [0, 0.05) is 6.08 Å². The van der Waals surface area contributed by atoms with Crippen LogP contribution in [0.15, 0.2) is 12.7 Å². The van der Waals surface area contributed by atoms with Crippen molar-refractivity contribution in [3.05, 3.63) is 12.7 Å². The maximum atomic E-state index is 11.1. The van der Waals surface area contributed by atoms with E-state index in [1.54, 1.807) is 21.1 Å². The summed E-state index contributed by atoms with van der Waals surface area (Å²) in [6, 6.07) is 0. The van der Waals surface area contributed by atoms with E-state index in [-0.39, 0.29) is 0 Å². The number of carbonyl (C=O) groups excluding carboxylic acids is 1. The van der Waals surface area contributed by atoms with Crippen molar-refractivity contribution in [3.8, 4) is 0 Å². The molecule has 0 amide bonds. The van der Waals surface area contributed by atoms with E-state index in [0.717, 1.165) is 6.08 Å². The van der Waals surface area contributed by atoms with Gasteiger partial charge in [0.05, 0.1) is 0 Å². The van der Waals surface area contributed by atoms with E-state index < -0.39 is 17.3 Å². The van der Waals surface area contributed by atoms with Crippen molar-refractivity contribution in [2.24, 2.45) is 0 Å². The summed E-state index contributed by atoms with van der Waals surface area (Å²) < 4.78 is 5.06. The number of ether oxygens (including phenoxy) is 1. The molecule has 0 aliphatic rings. The summed E-state index contributed by atoms with van der Waals surface area (Å²) in [7, 11) is 4.90. The lowest BCUT2D eigenvalue weighted by atomic mass is 10.4. The summed E-state index contributed by atoms with van der Waals surface area (Å²) in [6.45, 7) is 3.30. The number of nitrogens with one attached hydrogen (secondary N) is 3. The molecule has 0 aromatic heterocycles. The van der Waals surface area contributed by atoms with Crippen LogP contribution < -0.4 is 16.0 Å². The summed E-state index contributed by atoms with van der Waals surface area (Å²) in [5, 5.41) is 8.34. The fourth-order valence-corrected chi connectivity index (χ4v) is 1.20. The number of rotatable bonds is 6. The van der Waals surface area contributed by atoms with Crippen LogP contribution in [0, 0.1) is 0 Å². The molecule has 0 aliphatic heterocycles. The second-order valence-electron chi connectivity index (χ2n) is 2.51. The van der Waals surface area contributed by atoms with Crippen LogP contribution in [0.1, 0.15) is 0 Å². The SMILES string of the molecule is C=CC(=O)OC(NC)(NC)C(Cl)NC. The standard InChI is InChI=1S/C8H16ClN3O2/c1-5-6(13)14-8(11-3,12-4)7(9)10-2/h5,7,10-12H,1H2,2-4H3. The molecule has 0 heterocycles. The molecule has 1 unspecified atom stereocenters. The number of carbonyl (C=O) groups is 1. The maximum absolute atomic E-state index is 11.1. The largest absolute Gasteiger partial charge is 0.424 e. The Morgan fingerprint density at radius 1 is 1.50 bits per heavy atom. The van der Waals surface area contributed by atoms with Crippen molar-refractivity contribution in [3.63, 3.8) is 0 Å². The summed E-state index contributed by atoms with van der Waals surface area (Å²) in [5.74, 6) is -1.71. The molecule has 0 aliphatic carbocycles. The van der Waals surface area contributed by atoms with Crippen LogP contribution in [0.3, 0.4) is 0 Å². The van der Waals surface area contributed by atoms with E-state index in [1.807, 2.05) is 0 Å². The van der Waals surface area contributed by atoms with Gasteiger partial charge in [-0.15, -0.1) is 0 Å². The zero-order valence-corrected chi connectivity index (χ0v) is 9.31. The molecular formula is C8H16ClN3O2. The number of hydrogen-bond donors (Lipinski definition) is 3. The van der Waals surface area contributed by atoms with Crippen LogP contribution in [0.5, 0.6) is 0 Å². The molecule has 0 spiro atoms. The van der Waals surface area contributed by atoms with Crippen molar-refractivity contribution in [2.75, 3.05) is 21.1 Å². The Morgan fingerprint density at radius 2 is 2.00 bits per heavy atom. The molecule has 82 valence electrons. The minimum atomic E-state index is -1.15. The maximum Gasteiger partial charge on any atom is 0.332 e. The third-order valence-corrected chi connectivity index (χ3v) is 2.31. The van der Waals surface area contributed by atoms with Crippen LogP contribution in [-0.4, -0.2) is 38.5 Å². The third-order valence-electron chi connectivity index (χ3n) is 1.78. The minimum Gasteiger partial charge on any atom is -0.424 e. The topological polar surface area (TPSA) is 62.4 Å². The van der Waals surface area contributed by atoms with E-state index in [1.165, 1.54) is 0 Å². The first kappa shape index (κ1) is 13.4. The molecule has 0 saturated heterocycles. The first-order chi connectivity index (χ1) is 6.56. The lowest BCUT2D eigenvalue weighted by molar-refractivity contribution is -0.161. The normalized spacial score (nSPS) is 13.4. The van der Waals surface area contributed by atoms with Gasteiger partial charge in [-0.25, -0.2) is 4.79 Å². The molecule has 0 radical (unpaired) electrons. The molecule has 0 saturated carbocycles. The number of likely N-dealkylation sites (N-methyl/N-ethyl adjacent to an activating group) is 3. The average Bonchev–Trinajstić information content (AvgIpc) is 2.24. The van der Waals surface area contributed by atoms with Gasteiger partial charge in [0.25, 0.3) is 5.85 Å². The van der Waals surface area contributed by atoms with Gasteiger partial charge in [-0.3, -0.25) is 16.0 Å². The Hall–Kier alpha value is -0.620. The minimum absolute atomic E-state index is 0.561. The van der Waals surface area contributed by atoms with Gasteiger partial charge in [-0.1, -0.05) is 18.2 Å². The number of halogens is 1. The Kier molecular flexibility index (Phi) is 5.71. The van der Waals surface area contributed by atoms with Crippen LogP contribution >= 0.6 is 11.6 Å². The van der Waals surface area contributed by atoms with Gasteiger partial charge in [-0.2, -0.15) is 0 Å². The van der Waals surface area contributed by atoms with E-state index in [4.69, 9.17) is 16.3 Å². The van der Waals surface area contributed by atoms with Crippen LogP contribution in [0.2, 0.25) is 0 Å². The highest BCUT2D eigenvalue weighted by molar-refractivity contribution is 6.21. The Balaban J connectivity index is 4.68. The molecule has 3 N–H and O–H groups in total. The quantitative estimate of drug-likeness (QED) is 0.187. The fourth-order valence-electron chi connectivity index (χ4n) is 0.936. The molecule has 6 heteroatoms. The van der Waals surface area contributed by atoms with Crippen LogP contribution in [0.4, 0.5) is 0 Å². The smallest absolute Gasteiger partial charge is 0.332 e. The Bertz CT molecular complexity index is 207. The van der Waals surface area contributed by atoms with Crippen LogP contribution in [0.25, 0.3) is 0 Å². The molecule has 14 heavy (non-hydrogen) atoms. The first-order valence-corrected chi connectivity index (χ1v) is 4.54. The number of esters is 1. The third kappa shape index (κ3) is 2.95. The highest BCUT2D eigenvalue weighted by Gasteiger charge is 2.37. The number of alkyl halides is 1. The molecule has 0 rings (SSSR count). The zero-order chi connectivity index (χ0) is 11.2. The van der Waals surface area contributed by atoms with Crippen molar-refractivity contribution in [2.45, 2.75) is 11.3 Å². The monoisotopic (exact) mass is 221 g/mol. The molecule has 0 aromatic rings. The lowest BCUT2D eigenvalue weighted by Crippen LogP contribution is -2.66. The summed E-state index contributed by atoms with van der Waals surface area (Å²) in [6.07, 6.45) is 1.07. The molecule has 0 fully saturated rings. The predicted molar refractivity (Wildman–Crippen MR) is 55.8 cm³/mol. The van der Waals surface area contributed by atoms with E-state index in [2.05, 4.69) is 22.5 Å². The average molecular weight is 222 g/mol. The van der Waals surface area contributed by atoms with E-state index in [9.17, 15) is 4.79 Å². The molecular weight excluding hydrogens is 206 g/mol. The van der Waals surface area contributed by atoms with Crippen molar-refractivity contribution < 1.29 is 9.53 Å². The van der Waals surface area contributed by atoms with Gasteiger partial charge >= 0.3 is 5.97 Å². The zero-order valence-electron chi connectivity index (χ0n) is 8.56. The Morgan fingerprint density at radius 3 is 2.29 bits per heavy atom. The van der Waals surface area contributed by atoms with Crippen LogP contribution in [-0.2, 0) is 9.53 Å². The van der Waals surface area contributed by atoms with Gasteiger partial charge in [-0.05, 0) is 21.1 Å². The molecule has 1 atom stereocenters. The molecule has 0 aromatic carbocycles. The van der Waals surface area contributed by atoms with Crippen molar-refractivity contribution in [1.29, 1.82) is 0 Å². The van der Waals surface area contributed by atoms with Gasteiger partial charge in [0.1, 0.15) is 0 Å². The highest BCUT2D eigenvalue weighted by atomic mass is 35.5. The first-order valence-electron chi connectivity index (χ1n) is 4.10. The summed E-state index contributed by atoms with van der Waals surface area (Å²) in [4.78, 5) is 11.1. The van der Waals surface area contributed by atoms with Crippen molar-refractivity contribution in [1.82, 2.24) is 16.0 Å². The number of hydrogen-bond acceptors (Lipinski definition) is 5. The fraction of sp³-hybridized carbons (Fsp3) is 0.625. The van der Waals surface area contributed by atoms with Crippen molar-refractivity contribution >= 4 is 17.6 Å². The Labute approximate surface area is 88.8 Å². The second-order valence-corrected chi connectivity index (χ2v) is 2.95. The highest BCUT2D eigenvalue weighted by Crippen LogP contribution is 2.12. The van der Waals surface area contributed by atoms with Gasteiger partial charge in [0.2, 0.25) is 0 Å². The lowest BCUT2D eigenvalue weighted by Gasteiger charge is -2.35. The predicted octanol–water partition coefficient (Wildman–Crippen LogP) is -0.407. The summed E-state index contributed by atoms with van der Waals surface area (Å²) in [5.41, 5.74) is -0.610. The van der Waals surface area contributed by atoms with E-state index in [0.29, 0.717) is 0 Å². The van der Waals surface area contributed by atoms with E-state index >= 15 is 0 Å². The van der Waals surface area contributed by atoms with Gasteiger partial charge < -0.3 is 4.74 Å². The molecule has 0 bridgehead atoms. The summed E-state index contributed by atoms with van der Waals surface area (Å²) >= 11 is 5.94.